The van der Waals surface area contributed by atoms with Gasteiger partial charge in [0.1, 0.15) is 6.04 Å². The van der Waals surface area contributed by atoms with Crippen LogP contribution in [0.1, 0.15) is 23.7 Å². The van der Waals surface area contributed by atoms with Gasteiger partial charge in [0.15, 0.2) is 12.4 Å². The third-order valence-corrected chi connectivity index (χ3v) is 3.68. The molecule has 1 aromatic carbocycles. The van der Waals surface area contributed by atoms with Gasteiger partial charge < -0.3 is 10.1 Å². The molecule has 2 rings (SSSR count). The van der Waals surface area contributed by atoms with Crippen molar-refractivity contribution < 1.29 is 14.3 Å². The number of benzene rings is 1. The minimum absolute atomic E-state index is 0.188. The number of halogens is 1. The second kappa shape index (κ2) is 6.30. The smallest absolute Gasteiger partial charge is 0.323 e. The summed E-state index contributed by atoms with van der Waals surface area (Å²) in [6, 6.07) is 6.71. The molecule has 1 fully saturated rings. The fourth-order valence-electron chi connectivity index (χ4n) is 2.05. The van der Waals surface area contributed by atoms with Crippen LogP contribution in [-0.4, -0.2) is 30.9 Å². The van der Waals surface area contributed by atoms with E-state index in [1.54, 1.807) is 24.3 Å². The Kier molecular flexibility index (Phi) is 4.71. The summed E-state index contributed by atoms with van der Waals surface area (Å²) in [5.74, 6) is -0.0542. The molecule has 0 bridgehead atoms. The van der Waals surface area contributed by atoms with E-state index in [1.807, 2.05) is 0 Å². The molecule has 1 saturated heterocycles. The number of ether oxygens (including phenoxy) is 1. The summed E-state index contributed by atoms with van der Waals surface area (Å²) in [7, 11) is 0. The first kappa shape index (κ1) is 14.2. The van der Waals surface area contributed by atoms with Crippen LogP contribution in [0.3, 0.4) is 0 Å². The van der Waals surface area contributed by atoms with E-state index in [0.717, 1.165) is 17.4 Å². The summed E-state index contributed by atoms with van der Waals surface area (Å²) in [6.45, 7) is 2.70. The molecule has 1 heterocycles. The summed E-state index contributed by atoms with van der Waals surface area (Å²) < 4.78 is 5.97. The molecule has 102 valence electrons. The van der Waals surface area contributed by atoms with Gasteiger partial charge in [0.2, 0.25) is 0 Å². The normalized spacial score (nSPS) is 22.2. The van der Waals surface area contributed by atoms with Crippen LogP contribution in [0.4, 0.5) is 0 Å². The lowest BCUT2D eigenvalue weighted by molar-refractivity contribution is -0.144. The molecular formula is C14H16BrNO3. The van der Waals surface area contributed by atoms with Gasteiger partial charge in [-0.25, -0.2) is 0 Å². The van der Waals surface area contributed by atoms with Crippen molar-refractivity contribution in [3.8, 4) is 0 Å². The SMILES string of the molecule is C[C@@H]1CN[C@H](C(=O)OCC(=O)c2ccc(Br)cc2)C1. The zero-order chi connectivity index (χ0) is 13.8. The molecule has 0 aromatic heterocycles. The van der Waals surface area contributed by atoms with Gasteiger partial charge in [0, 0.05) is 10.0 Å². The lowest BCUT2D eigenvalue weighted by Gasteiger charge is -2.09. The Balaban J connectivity index is 1.83. The maximum Gasteiger partial charge on any atom is 0.323 e. The third kappa shape index (κ3) is 3.88. The zero-order valence-corrected chi connectivity index (χ0v) is 12.3. The van der Waals surface area contributed by atoms with Crippen molar-refractivity contribution in [1.29, 1.82) is 0 Å². The van der Waals surface area contributed by atoms with Crippen LogP contribution in [0.5, 0.6) is 0 Å². The second-order valence-electron chi connectivity index (χ2n) is 4.84. The first-order valence-electron chi connectivity index (χ1n) is 6.25. The highest BCUT2D eigenvalue weighted by Crippen LogP contribution is 2.14. The predicted octanol–water partition coefficient (Wildman–Crippen LogP) is 2.17. The van der Waals surface area contributed by atoms with Gasteiger partial charge in [-0.2, -0.15) is 0 Å². The minimum Gasteiger partial charge on any atom is -0.456 e. The third-order valence-electron chi connectivity index (χ3n) is 3.15. The van der Waals surface area contributed by atoms with E-state index in [2.05, 4.69) is 28.2 Å². The van der Waals surface area contributed by atoms with Crippen LogP contribution in [0.25, 0.3) is 0 Å². The van der Waals surface area contributed by atoms with Crippen LogP contribution < -0.4 is 5.32 Å². The van der Waals surface area contributed by atoms with Gasteiger partial charge >= 0.3 is 5.97 Å². The van der Waals surface area contributed by atoms with E-state index >= 15 is 0 Å². The Morgan fingerprint density at radius 2 is 2.05 bits per heavy atom. The van der Waals surface area contributed by atoms with Gasteiger partial charge in [0.25, 0.3) is 0 Å². The van der Waals surface area contributed by atoms with Gasteiger partial charge in [-0.15, -0.1) is 0 Å². The fraction of sp³-hybridized carbons (Fsp3) is 0.429. The lowest BCUT2D eigenvalue weighted by Crippen LogP contribution is -2.33. The summed E-state index contributed by atoms with van der Waals surface area (Å²) in [4.78, 5) is 23.6. The largest absolute Gasteiger partial charge is 0.456 e. The van der Waals surface area contributed by atoms with Crippen molar-refractivity contribution in [3.05, 3.63) is 34.3 Å². The van der Waals surface area contributed by atoms with Crippen molar-refractivity contribution in [1.82, 2.24) is 5.32 Å². The highest BCUT2D eigenvalue weighted by molar-refractivity contribution is 9.10. The molecule has 1 aliphatic heterocycles. The van der Waals surface area contributed by atoms with Crippen molar-refractivity contribution in [2.75, 3.05) is 13.2 Å². The summed E-state index contributed by atoms with van der Waals surface area (Å²) in [5, 5.41) is 3.09. The van der Waals surface area contributed by atoms with Crippen molar-refractivity contribution in [2.24, 2.45) is 5.92 Å². The summed E-state index contributed by atoms with van der Waals surface area (Å²) in [6.07, 6.45) is 0.769. The number of hydrogen-bond acceptors (Lipinski definition) is 4. The minimum atomic E-state index is -0.338. The Bertz CT molecular complexity index is 472. The number of carbonyl (C=O) groups is 2. The first-order chi connectivity index (χ1) is 9.06. The molecule has 1 aliphatic rings. The van der Waals surface area contributed by atoms with E-state index < -0.39 is 0 Å². The number of ketones is 1. The molecular weight excluding hydrogens is 310 g/mol. The zero-order valence-electron chi connectivity index (χ0n) is 10.7. The lowest BCUT2D eigenvalue weighted by atomic mass is 10.1. The van der Waals surface area contributed by atoms with Gasteiger partial charge in [-0.1, -0.05) is 35.0 Å². The Labute approximate surface area is 120 Å². The highest BCUT2D eigenvalue weighted by atomic mass is 79.9. The number of esters is 1. The van der Waals surface area contributed by atoms with E-state index in [4.69, 9.17) is 4.74 Å². The summed E-state index contributed by atoms with van der Waals surface area (Å²) in [5.41, 5.74) is 0.545. The number of hydrogen-bond donors (Lipinski definition) is 1. The standard InChI is InChI=1S/C14H16BrNO3/c1-9-6-12(16-7-9)14(18)19-8-13(17)10-2-4-11(15)5-3-10/h2-5,9,12,16H,6-8H2,1H3/t9-,12-/m0/s1. The van der Waals surface area contributed by atoms with Crippen LogP contribution in [0, 0.1) is 5.92 Å². The first-order valence-corrected chi connectivity index (χ1v) is 7.04. The average molecular weight is 326 g/mol. The van der Waals surface area contributed by atoms with Crippen LogP contribution in [0.15, 0.2) is 28.7 Å². The number of rotatable bonds is 4. The topological polar surface area (TPSA) is 55.4 Å². The van der Waals surface area contributed by atoms with E-state index in [0.29, 0.717) is 11.5 Å². The molecule has 0 unspecified atom stereocenters. The number of Topliss-reactive ketones (excluding diaryl/α,β-unsaturated/α-hetero) is 1. The molecule has 19 heavy (non-hydrogen) atoms. The van der Waals surface area contributed by atoms with Crippen LogP contribution in [-0.2, 0) is 9.53 Å². The molecule has 0 saturated carbocycles. The molecule has 0 spiro atoms. The summed E-state index contributed by atoms with van der Waals surface area (Å²) >= 11 is 3.30. The predicted molar refractivity (Wildman–Crippen MR) is 75.0 cm³/mol. The Hall–Kier alpha value is -1.20. The van der Waals surface area contributed by atoms with E-state index in [1.165, 1.54) is 0 Å². The van der Waals surface area contributed by atoms with Gasteiger partial charge in [-0.3, -0.25) is 9.59 Å². The van der Waals surface area contributed by atoms with Crippen LogP contribution in [0.2, 0.25) is 0 Å². The number of nitrogens with one attached hydrogen (secondary N) is 1. The molecule has 1 aromatic rings. The maximum atomic E-state index is 11.8. The van der Waals surface area contributed by atoms with Crippen LogP contribution >= 0.6 is 15.9 Å². The Morgan fingerprint density at radius 3 is 2.63 bits per heavy atom. The van der Waals surface area contributed by atoms with Gasteiger partial charge in [-0.05, 0) is 31.0 Å². The molecule has 0 radical (unpaired) electrons. The second-order valence-corrected chi connectivity index (χ2v) is 5.76. The highest BCUT2D eigenvalue weighted by Gasteiger charge is 2.28. The monoisotopic (exact) mass is 325 g/mol. The fourth-order valence-corrected chi connectivity index (χ4v) is 2.31. The van der Waals surface area contributed by atoms with E-state index in [9.17, 15) is 9.59 Å². The molecule has 2 atom stereocenters. The van der Waals surface area contributed by atoms with E-state index in [-0.39, 0.29) is 24.4 Å². The quantitative estimate of drug-likeness (QED) is 0.681. The maximum absolute atomic E-state index is 11.8. The molecule has 0 aliphatic carbocycles. The van der Waals surface area contributed by atoms with Crippen molar-refractivity contribution in [2.45, 2.75) is 19.4 Å². The molecule has 0 amide bonds. The molecule has 4 nitrogen and oxygen atoms in total. The molecule has 1 N–H and O–H groups in total. The van der Waals surface area contributed by atoms with Gasteiger partial charge in [0.05, 0.1) is 0 Å². The average Bonchev–Trinajstić information content (AvgIpc) is 2.83. The van der Waals surface area contributed by atoms with Crippen molar-refractivity contribution >= 4 is 27.7 Å². The Morgan fingerprint density at radius 1 is 1.37 bits per heavy atom. The van der Waals surface area contributed by atoms with Crippen molar-refractivity contribution in [3.63, 3.8) is 0 Å². The molecule has 5 heteroatoms. The number of carbonyl (C=O) groups excluding carboxylic acids is 2.